The van der Waals surface area contributed by atoms with Crippen molar-refractivity contribution in [1.29, 1.82) is 0 Å². The van der Waals surface area contributed by atoms with Gasteiger partial charge >= 0.3 is 0 Å². The molecule has 0 unspecified atom stereocenters. The molecule has 3 nitrogen and oxygen atoms in total. The number of rotatable bonds is 2. The zero-order valence-corrected chi connectivity index (χ0v) is 13.9. The number of hydrogen-bond donors (Lipinski definition) is 1. The van der Waals surface area contributed by atoms with Gasteiger partial charge < -0.3 is 14.7 Å². The molecule has 3 aliphatic rings. The minimum Gasteiger partial charge on any atom is -0.504 e. The highest BCUT2D eigenvalue weighted by molar-refractivity contribution is 5.61. The normalized spacial score (nSPS) is 21.8. The summed E-state index contributed by atoms with van der Waals surface area (Å²) in [4.78, 5) is 2.63. The number of aromatic hydroxyl groups is 1. The maximum Gasteiger partial charge on any atom is 0.173 e. The topological polar surface area (TPSA) is 32.7 Å². The summed E-state index contributed by atoms with van der Waals surface area (Å²) in [6, 6.07) is 14.2. The molecule has 124 valence electrons. The van der Waals surface area contributed by atoms with E-state index < -0.39 is 0 Å². The number of para-hydroxylation sites is 2. The third-order valence-corrected chi connectivity index (χ3v) is 6.05. The Kier molecular flexibility index (Phi) is 3.14. The van der Waals surface area contributed by atoms with E-state index in [4.69, 9.17) is 4.74 Å². The zero-order chi connectivity index (χ0) is 16.1. The molecule has 3 heteroatoms. The Morgan fingerprint density at radius 3 is 2.54 bits per heavy atom. The second-order valence-electron chi connectivity index (χ2n) is 7.58. The van der Waals surface area contributed by atoms with Crippen LogP contribution in [0.1, 0.15) is 36.8 Å². The van der Waals surface area contributed by atoms with Crippen LogP contribution in [0.25, 0.3) is 0 Å². The van der Waals surface area contributed by atoms with Crippen LogP contribution in [0.15, 0.2) is 42.5 Å². The first-order valence-corrected chi connectivity index (χ1v) is 9.08. The molecule has 2 heterocycles. The van der Waals surface area contributed by atoms with Crippen molar-refractivity contribution in [2.45, 2.75) is 31.1 Å². The van der Waals surface area contributed by atoms with Crippen molar-refractivity contribution in [3.63, 3.8) is 0 Å². The van der Waals surface area contributed by atoms with Crippen molar-refractivity contribution in [2.75, 3.05) is 19.6 Å². The predicted molar refractivity (Wildman–Crippen MR) is 93.8 cm³/mol. The molecule has 1 aliphatic carbocycles. The Morgan fingerprint density at radius 2 is 1.75 bits per heavy atom. The van der Waals surface area contributed by atoms with Crippen LogP contribution in [0.5, 0.6) is 17.2 Å². The molecule has 1 saturated carbocycles. The lowest BCUT2D eigenvalue weighted by Gasteiger charge is -2.46. The van der Waals surface area contributed by atoms with Crippen LogP contribution in [-0.4, -0.2) is 29.6 Å². The van der Waals surface area contributed by atoms with E-state index in [9.17, 15) is 5.11 Å². The fraction of sp³-hybridized carbons (Fsp3) is 0.429. The maximum absolute atomic E-state index is 10.3. The minimum absolute atomic E-state index is 0.0248. The average Bonchev–Trinajstić information content (AvgIpc) is 3.42. The molecular formula is C21H23NO2. The van der Waals surface area contributed by atoms with Gasteiger partial charge in [0.05, 0.1) is 0 Å². The van der Waals surface area contributed by atoms with E-state index in [0.717, 1.165) is 43.2 Å². The number of ether oxygens (including phenoxy) is 1. The Balaban J connectivity index is 1.56. The quantitative estimate of drug-likeness (QED) is 0.895. The molecule has 0 radical (unpaired) electrons. The van der Waals surface area contributed by atoms with Crippen LogP contribution >= 0.6 is 0 Å². The highest BCUT2D eigenvalue weighted by Gasteiger charge is 2.45. The summed E-state index contributed by atoms with van der Waals surface area (Å²) in [7, 11) is 0. The summed E-state index contributed by atoms with van der Waals surface area (Å²) >= 11 is 0. The van der Waals surface area contributed by atoms with E-state index in [-0.39, 0.29) is 11.2 Å². The maximum atomic E-state index is 10.3. The average molecular weight is 321 g/mol. The van der Waals surface area contributed by atoms with Gasteiger partial charge in [-0.3, -0.25) is 0 Å². The lowest BCUT2D eigenvalue weighted by atomic mass is 9.66. The number of likely N-dealkylation sites (tertiary alicyclic amines) is 1. The molecule has 2 aromatic rings. The van der Waals surface area contributed by atoms with E-state index in [1.807, 2.05) is 18.2 Å². The minimum atomic E-state index is -0.0248. The highest BCUT2D eigenvalue weighted by atomic mass is 16.5. The van der Waals surface area contributed by atoms with Crippen LogP contribution < -0.4 is 4.74 Å². The fourth-order valence-electron chi connectivity index (χ4n) is 4.54. The Morgan fingerprint density at radius 1 is 1.00 bits per heavy atom. The fourth-order valence-corrected chi connectivity index (χ4v) is 4.54. The van der Waals surface area contributed by atoms with Gasteiger partial charge in [-0.05, 0) is 56.8 Å². The molecule has 1 spiro atoms. The third-order valence-electron chi connectivity index (χ3n) is 6.05. The molecule has 2 fully saturated rings. The molecule has 2 aromatic carbocycles. The van der Waals surface area contributed by atoms with Gasteiger partial charge in [-0.15, -0.1) is 0 Å². The number of benzene rings is 2. The van der Waals surface area contributed by atoms with E-state index in [1.54, 1.807) is 6.07 Å². The van der Waals surface area contributed by atoms with Crippen LogP contribution in [0.4, 0.5) is 0 Å². The third kappa shape index (κ3) is 2.15. The molecule has 1 N–H and O–H groups in total. The molecule has 0 bridgehead atoms. The largest absolute Gasteiger partial charge is 0.504 e. The van der Waals surface area contributed by atoms with Gasteiger partial charge in [0, 0.05) is 23.1 Å². The van der Waals surface area contributed by atoms with Crippen molar-refractivity contribution in [3.8, 4) is 17.2 Å². The SMILES string of the molecule is Oc1cccc2c1Oc1ccccc1C21CCN(CC2CC2)CC1. The van der Waals surface area contributed by atoms with Crippen LogP contribution in [0, 0.1) is 5.92 Å². The molecule has 0 atom stereocenters. The first-order chi connectivity index (χ1) is 11.8. The smallest absolute Gasteiger partial charge is 0.173 e. The number of fused-ring (bicyclic) bond motifs is 4. The van der Waals surface area contributed by atoms with Crippen LogP contribution in [0.3, 0.4) is 0 Å². The Labute approximate surface area is 142 Å². The van der Waals surface area contributed by atoms with Gasteiger partial charge in [-0.25, -0.2) is 0 Å². The van der Waals surface area contributed by atoms with Crippen molar-refractivity contribution in [3.05, 3.63) is 53.6 Å². The number of hydrogen-bond acceptors (Lipinski definition) is 3. The summed E-state index contributed by atoms with van der Waals surface area (Å²) in [5.74, 6) is 2.76. The van der Waals surface area contributed by atoms with E-state index >= 15 is 0 Å². The molecule has 5 rings (SSSR count). The number of piperidine rings is 1. The Hall–Kier alpha value is -2.00. The molecule has 0 aromatic heterocycles. The van der Waals surface area contributed by atoms with Gasteiger partial charge in [0.2, 0.25) is 0 Å². The van der Waals surface area contributed by atoms with Gasteiger partial charge in [-0.2, -0.15) is 0 Å². The monoisotopic (exact) mass is 321 g/mol. The highest BCUT2D eigenvalue weighted by Crippen LogP contribution is 2.55. The van der Waals surface area contributed by atoms with E-state index in [1.165, 1.54) is 24.9 Å². The van der Waals surface area contributed by atoms with E-state index in [2.05, 4.69) is 23.1 Å². The number of phenols is 1. The first kappa shape index (κ1) is 14.4. The van der Waals surface area contributed by atoms with Crippen molar-refractivity contribution < 1.29 is 9.84 Å². The lowest BCUT2D eigenvalue weighted by Crippen LogP contribution is -2.45. The molecule has 2 aliphatic heterocycles. The molecule has 24 heavy (non-hydrogen) atoms. The van der Waals surface area contributed by atoms with Gasteiger partial charge in [0.25, 0.3) is 0 Å². The summed E-state index contributed by atoms with van der Waals surface area (Å²) in [5, 5.41) is 10.3. The zero-order valence-electron chi connectivity index (χ0n) is 13.9. The molecule has 1 saturated heterocycles. The van der Waals surface area contributed by atoms with Gasteiger partial charge in [0.15, 0.2) is 11.5 Å². The summed E-state index contributed by atoms with van der Waals surface area (Å²) in [6.07, 6.45) is 5.01. The summed E-state index contributed by atoms with van der Waals surface area (Å²) in [5.41, 5.74) is 2.42. The van der Waals surface area contributed by atoms with Crippen molar-refractivity contribution >= 4 is 0 Å². The number of nitrogens with zero attached hydrogens (tertiary/aromatic N) is 1. The van der Waals surface area contributed by atoms with Gasteiger partial charge in [-0.1, -0.05) is 30.3 Å². The van der Waals surface area contributed by atoms with Crippen LogP contribution in [-0.2, 0) is 5.41 Å². The molecular weight excluding hydrogens is 298 g/mol. The predicted octanol–water partition coefficient (Wildman–Crippen LogP) is 4.29. The second kappa shape index (κ2) is 5.25. The Bertz CT molecular complexity index is 773. The van der Waals surface area contributed by atoms with E-state index in [0.29, 0.717) is 5.75 Å². The standard InChI is InChI=1S/C21H23NO2/c23-18-6-3-5-17-20(18)24-19-7-2-1-4-16(19)21(17)10-12-22(13-11-21)14-15-8-9-15/h1-7,15,23H,8-14H2. The van der Waals surface area contributed by atoms with Crippen molar-refractivity contribution in [2.24, 2.45) is 5.92 Å². The lowest BCUT2D eigenvalue weighted by molar-refractivity contribution is 0.165. The second-order valence-corrected chi connectivity index (χ2v) is 7.58. The summed E-state index contributed by atoms with van der Waals surface area (Å²) < 4.78 is 6.07. The first-order valence-electron chi connectivity index (χ1n) is 9.08. The van der Waals surface area contributed by atoms with Crippen molar-refractivity contribution in [1.82, 2.24) is 4.90 Å². The number of phenolic OH excluding ortho intramolecular Hbond substituents is 1. The summed E-state index contributed by atoms with van der Waals surface area (Å²) in [6.45, 7) is 3.51. The van der Waals surface area contributed by atoms with Crippen LogP contribution in [0.2, 0.25) is 0 Å². The molecule has 0 amide bonds. The van der Waals surface area contributed by atoms with Gasteiger partial charge in [0.1, 0.15) is 5.75 Å².